The van der Waals surface area contributed by atoms with Gasteiger partial charge in [-0.25, -0.2) is 4.39 Å². The lowest BCUT2D eigenvalue weighted by molar-refractivity contribution is 0.0961. The van der Waals surface area contributed by atoms with E-state index in [0.29, 0.717) is 22.4 Å². The molecule has 1 nitrogen and oxygen atoms in total. The van der Waals surface area contributed by atoms with Crippen LogP contribution < -0.4 is 0 Å². The van der Waals surface area contributed by atoms with Crippen LogP contribution in [0.15, 0.2) is 22.7 Å². The second-order valence-electron chi connectivity index (χ2n) is 4.44. The van der Waals surface area contributed by atoms with Crippen molar-refractivity contribution in [3.63, 3.8) is 0 Å². The minimum atomic E-state index is -0.357. The molecule has 1 aromatic rings. The summed E-state index contributed by atoms with van der Waals surface area (Å²) >= 11 is 3.20. The number of carbonyl (C=O) groups is 1. The van der Waals surface area contributed by atoms with E-state index >= 15 is 0 Å². The smallest absolute Gasteiger partial charge is 0.163 e. The van der Waals surface area contributed by atoms with Gasteiger partial charge in [-0.3, -0.25) is 4.79 Å². The monoisotopic (exact) mass is 284 g/mol. The number of carbonyl (C=O) groups excluding carboxylic acids is 1. The molecule has 1 aliphatic carbocycles. The maximum absolute atomic E-state index is 13.1. The SMILES string of the molecule is O=C(CC1CCCC1)c1cc(F)cc(Br)c1. The maximum Gasteiger partial charge on any atom is 0.163 e. The highest BCUT2D eigenvalue weighted by Gasteiger charge is 2.19. The predicted molar refractivity (Wildman–Crippen MR) is 65.0 cm³/mol. The van der Waals surface area contributed by atoms with Crippen LogP contribution in [0.2, 0.25) is 0 Å². The molecule has 0 atom stereocenters. The molecule has 0 unspecified atom stereocenters. The lowest BCUT2D eigenvalue weighted by atomic mass is 9.97. The molecule has 0 aliphatic heterocycles. The Labute approximate surface area is 103 Å². The van der Waals surface area contributed by atoms with Crippen molar-refractivity contribution in [3.05, 3.63) is 34.1 Å². The summed E-state index contributed by atoms with van der Waals surface area (Å²) < 4.78 is 13.7. The fourth-order valence-electron chi connectivity index (χ4n) is 2.31. The molecule has 3 heteroatoms. The minimum Gasteiger partial charge on any atom is -0.294 e. The van der Waals surface area contributed by atoms with Gasteiger partial charge in [0.15, 0.2) is 5.78 Å². The number of Topliss-reactive ketones (excluding diaryl/α,β-unsaturated/α-hetero) is 1. The summed E-state index contributed by atoms with van der Waals surface area (Å²) in [5.74, 6) is 0.214. The summed E-state index contributed by atoms with van der Waals surface area (Å²) in [6.45, 7) is 0. The Morgan fingerprint density at radius 1 is 1.31 bits per heavy atom. The van der Waals surface area contributed by atoms with Crippen LogP contribution in [-0.4, -0.2) is 5.78 Å². The Balaban J connectivity index is 2.07. The van der Waals surface area contributed by atoms with E-state index in [-0.39, 0.29) is 11.6 Å². The van der Waals surface area contributed by atoms with Crippen LogP contribution in [0.1, 0.15) is 42.5 Å². The molecule has 1 fully saturated rings. The van der Waals surface area contributed by atoms with Crippen LogP contribution in [0.5, 0.6) is 0 Å². The second-order valence-corrected chi connectivity index (χ2v) is 5.35. The first-order chi connectivity index (χ1) is 7.65. The average molecular weight is 285 g/mol. The fraction of sp³-hybridized carbons (Fsp3) is 0.462. The molecule has 1 aromatic carbocycles. The van der Waals surface area contributed by atoms with E-state index in [1.54, 1.807) is 6.07 Å². The number of halogens is 2. The molecule has 86 valence electrons. The minimum absolute atomic E-state index is 0.0621. The molecule has 2 rings (SSSR count). The van der Waals surface area contributed by atoms with Gasteiger partial charge >= 0.3 is 0 Å². The van der Waals surface area contributed by atoms with E-state index in [2.05, 4.69) is 15.9 Å². The van der Waals surface area contributed by atoms with E-state index in [9.17, 15) is 9.18 Å². The first-order valence-corrected chi connectivity index (χ1v) is 6.44. The van der Waals surface area contributed by atoms with Crippen molar-refractivity contribution in [2.75, 3.05) is 0 Å². The van der Waals surface area contributed by atoms with E-state index in [4.69, 9.17) is 0 Å². The average Bonchev–Trinajstić information content (AvgIpc) is 2.68. The Hall–Kier alpha value is -0.700. The van der Waals surface area contributed by atoms with Crippen LogP contribution in [0, 0.1) is 11.7 Å². The summed E-state index contributed by atoms with van der Waals surface area (Å²) in [6.07, 6.45) is 5.30. The highest BCUT2D eigenvalue weighted by molar-refractivity contribution is 9.10. The zero-order chi connectivity index (χ0) is 11.5. The third-order valence-corrected chi connectivity index (χ3v) is 3.59. The molecular formula is C13H14BrFO. The van der Waals surface area contributed by atoms with Crippen molar-refractivity contribution in [1.82, 2.24) is 0 Å². The summed E-state index contributed by atoms with van der Waals surface area (Å²) in [7, 11) is 0. The molecule has 0 radical (unpaired) electrons. The molecular weight excluding hydrogens is 271 g/mol. The van der Waals surface area contributed by atoms with E-state index in [0.717, 1.165) is 12.8 Å². The van der Waals surface area contributed by atoms with Crippen LogP contribution in [0.4, 0.5) is 4.39 Å². The lowest BCUT2D eigenvalue weighted by Gasteiger charge is -2.08. The quantitative estimate of drug-likeness (QED) is 0.754. The predicted octanol–water partition coefficient (Wildman–Crippen LogP) is 4.35. The zero-order valence-electron chi connectivity index (χ0n) is 9.01. The van der Waals surface area contributed by atoms with Crippen molar-refractivity contribution in [1.29, 1.82) is 0 Å². The third-order valence-electron chi connectivity index (χ3n) is 3.13. The van der Waals surface area contributed by atoms with E-state index < -0.39 is 0 Å². The molecule has 1 saturated carbocycles. The van der Waals surface area contributed by atoms with Crippen molar-refractivity contribution in [2.45, 2.75) is 32.1 Å². The summed E-state index contributed by atoms with van der Waals surface area (Å²) in [6, 6.07) is 4.38. The van der Waals surface area contributed by atoms with Crippen molar-refractivity contribution in [2.24, 2.45) is 5.92 Å². The normalized spacial score (nSPS) is 16.6. The summed E-state index contributed by atoms with van der Waals surface area (Å²) in [4.78, 5) is 11.9. The first kappa shape index (κ1) is 11.8. The standard InChI is InChI=1S/C13H14BrFO/c14-11-6-10(7-12(15)8-11)13(16)5-9-3-1-2-4-9/h6-9H,1-5H2. The number of hydrogen-bond donors (Lipinski definition) is 0. The van der Waals surface area contributed by atoms with Crippen LogP contribution in [-0.2, 0) is 0 Å². The molecule has 0 saturated heterocycles. The van der Waals surface area contributed by atoms with Gasteiger partial charge in [-0.15, -0.1) is 0 Å². The number of hydrogen-bond acceptors (Lipinski definition) is 1. The van der Waals surface area contributed by atoms with Crippen LogP contribution in [0.3, 0.4) is 0 Å². The van der Waals surface area contributed by atoms with Crippen molar-refractivity contribution < 1.29 is 9.18 Å². The van der Waals surface area contributed by atoms with Crippen LogP contribution >= 0.6 is 15.9 Å². The van der Waals surface area contributed by atoms with Gasteiger partial charge in [-0.05, 0) is 24.1 Å². The van der Waals surface area contributed by atoms with E-state index in [1.807, 2.05) is 0 Å². The van der Waals surface area contributed by atoms with Gasteiger partial charge in [0, 0.05) is 16.5 Å². The zero-order valence-corrected chi connectivity index (χ0v) is 10.6. The fourth-order valence-corrected chi connectivity index (χ4v) is 2.77. The molecule has 0 heterocycles. The molecule has 0 spiro atoms. The van der Waals surface area contributed by atoms with Gasteiger partial charge in [-0.2, -0.15) is 0 Å². The Bertz CT molecular complexity index is 377. The lowest BCUT2D eigenvalue weighted by Crippen LogP contribution is -2.06. The first-order valence-electron chi connectivity index (χ1n) is 5.64. The molecule has 0 amide bonds. The second kappa shape index (κ2) is 5.09. The molecule has 0 bridgehead atoms. The maximum atomic E-state index is 13.1. The van der Waals surface area contributed by atoms with Crippen molar-refractivity contribution >= 4 is 21.7 Å². The third kappa shape index (κ3) is 2.91. The molecule has 0 aromatic heterocycles. The van der Waals surface area contributed by atoms with Gasteiger partial charge in [0.1, 0.15) is 5.82 Å². The Morgan fingerprint density at radius 2 is 2.00 bits per heavy atom. The topological polar surface area (TPSA) is 17.1 Å². The van der Waals surface area contributed by atoms with Gasteiger partial charge in [0.2, 0.25) is 0 Å². The summed E-state index contributed by atoms with van der Waals surface area (Å²) in [5, 5.41) is 0. The summed E-state index contributed by atoms with van der Waals surface area (Å²) in [5.41, 5.74) is 0.485. The number of rotatable bonds is 3. The van der Waals surface area contributed by atoms with E-state index in [1.165, 1.54) is 25.0 Å². The Morgan fingerprint density at radius 3 is 2.62 bits per heavy atom. The largest absolute Gasteiger partial charge is 0.294 e. The number of ketones is 1. The highest BCUT2D eigenvalue weighted by atomic mass is 79.9. The van der Waals surface area contributed by atoms with Gasteiger partial charge in [0.05, 0.1) is 0 Å². The molecule has 1 aliphatic rings. The number of benzene rings is 1. The van der Waals surface area contributed by atoms with Gasteiger partial charge in [-0.1, -0.05) is 41.6 Å². The van der Waals surface area contributed by atoms with Crippen molar-refractivity contribution in [3.8, 4) is 0 Å². The van der Waals surface area contributed by atoms with Gasteiger partial charge < -0.3 is 0 Å². The van der Waals surface area contributed by atoms with Crippen LogP contribution in [0.25, 0.3) is 0 Å². The Kier molecular flexibility index (Phi) is 3.74. The highest BCUT2D eigenvalue weighted by Crippen LogP contribution is 2.29. The molecule has 0 N–H and O–H groups in total. The van der Waals surface area contributed by atoms with Gasteiger partial charge in [0.25, 0.3) is 0 Å². The molecule has 16 heavy (non-hydrogen) atoms.